The highest BCUT2D eigenvalue weighted by atomic mass is 79.9. The maximum Gasteiger partial charge on any atom is 0.410 e. The monoisotopic (exact) mass is 394 g/mol. The van der Waals surface area contributed by atoms with E-state index in [1.165, 1.54) is 7.11 Å². The van der Waals surface area contributed by atoms with E-state index in [2.05, 4.69) is 15.9 Å². The van der Waals surface area contributed by atoms with Crippen LogP contribution in [0, 0.1) is 0 Å². The van der Waals surface area contributed by atoms with E-state index in [0.717, 1.165) is 0 Å². The molecular weight excluding hydrogens is 386 g/mol. The molecule has 2 aromatic rings. The van der Waals surface area contributed by atoms with Gasteiger partial charge in [0.2, 0.25) is 0 Å². The van der Waals surface area contributed by atoms with Crippen molar-refractivity contribution in [2.45, 2.75) is 0 Å². The summed E-state index contributed by atoms with van der Waals surface area (Å²) in [7, 11) is -2.21. The van der Waals surface area contributed by atoms with E-state index in [4.69, 9.17) is 32.2 Å². The highest BCUT2D eigenvalue weighted by Gasteiger charge is 2.29. The van der Waals surface area contributed by atoms with E-state index in [1.54, 1.807) is 36.4 Å². The zero-order valence-electron chi connectivity index (χ0n) is 10.3. The van der Waals surface area contributed by atoms with E-state index >= 15 is 0 Å². The first-order valence-electron chi connectivity index (χ1n) is 5.52. The van der Waals surface area contributed by atoms with E-state index in [9.17, 15) is 4.57 Å². The van der Waals surface area contributed by atoms with Crippen molar-refractivity contribution in [3.8, 4) is 5.75 Å². The molecule has 2 aromatic carbocycles. The zero-order valence-corrected chi connectivity index (χ0v) is 14.3. The van der Waals surface area contributed by atoms with Crippen molar-refractivity contribution >= 4 is 52.0 Å². The van der Waals surface area contributed by atoms with Crippen LogP contribution in [-0.2, 0) is 9.09 Å². The Morgan fingerprint density at radius 3 is 2.15 bits per heavy atom. The smallest absolute Gasteiger partial charge is 0.410 e. The second-order valence-corrected chi connectivity index (χ2v) is 7.59. The molecule has 0 saturated carbocycles. The van der Waals surface area contributed by atoms with Gasteiger partial charge in [-0.05, 0) is 24.3 Å². The second kappa shape index (κ2) is 6.50. The lowest BCUT2D eigenvalue weighted by molar-refractivity contribution is 0.334. The summed E-state index contributed by atoms with van der Waals surface area (Å²) in [5.41, 5.74) is 0. The zero-order chi connectivity index (χ0) is 14.8. The average Bonchev–Trinajstić information content (AvgIpc) is 2.43. The SMILES string of the molecule is COP(=O)(Oc1c(Cl)cc(Br)cc1Cl)c1ccccc1. The van der Waals surface area contributed by atoms with Gasteiger partial charge >= 0.3 is 7.60 Å². The predicted molar refractivity (Wildman–Crippen MR) is 85.5 cm³/mol. The van der Waals surface area contributed by atoms with Crippen molar-refractivity contribution in [2.75, 3.05) is 7.11 Å². The van der Waals surface area contributed by atoms with Crippen LogP contribution in [0.1, 0.15) is 0 Å². The molecule has 0 bridgehead atoms. The van der Waals surface area contributed by atoms with Crippen molar-refractivity contribution in [1.29, 1.82) is 0 Å². The number of rotatable bonds is 4. The van der Waals surface area contributed by atoms with Gasteiger partial charge in [0, 0.05) is 11.6 Å². The molecule has 0 radical (unpaired) electrons. The Balaban J connectivity index is 2.44. The van der Waals surface area contributed by atoms with Gasteiger partial charge in [-0.3, -0.25) is 4.52 Å². The minimum absolute atomic E-state index is 0.130. The highest BCUT2D eigenvalue weighted by Crippen LogP contribution is 2.50. The fraction of sp³-hybridized carbons (Fsp3) is 0.0769. The Kier molecular flexibility index (Phi) is 5.16. The number of hydrogen-bond acceptors (Lipinski definition) is 3. The third-order valence-corrected chi connectivity index (χ3v) is 5.34. The second-order valence-electron chi connectivity index (χ2n) is 3.81. The standard InChI is InChI=1S/C13H10BrCl2O3P/c1-18-20(17,10-5-3-2-4-6-10)19-13-11(15)7-9(14)8-12(13)16/h2-8H,1H3. The molecule has 0 spiro atoms. The maximum atomic E-state index is 12.8. The van der Waals surface area contributed by atoms with Crippen molar-refractivity contribution in [3.63, 3.8) is 0 Å². The minimum Gasteiger partial charge on any atom is -0.418 e. The molecule has 0 amide bonds. The Labute approximate surface area is 135 Å². The summed E-state index contributed by atoms with van der Waals surface area (Å²) < 4.78 is 24.0. The maximum absolute atomic E-state index is 12.8. The lowest BCUT2D eigenvalue weighted by atomic mass is 10.3. The molecule has 3 nitrogen and oxygen atoms in total. The number of benzene rings is 2. The molecule has 20 heavy (non-hydrogen) atoms. The van der Waals surface area contributed by atoms with E-state index in [0.29, 0.717) is 9.78 Å². The van der Waals surface area contributed by atoms with E-state index < -0.39 is 7.60 Å². The predicted octanol–water partition coefficient (Wildman–Crippen LogP) is 5.30. The fourth-order valence-electron chi connectivity index (χ4n) is 1.54. The summed E-state index contributed by atoms with van der Waals surface area (Å²) in [6.45, 7) is 0. The lowest BCUT2D eigenvalue weighted by Crippen LogP contribution is -2.11. The number of halogens is 3. The number of hydrogen-bond donors (Lipinski definition) is 0. The van der Waals surface area contributed by atoms with Crippen LogP contribution in [0.4, 0.5) is 0 Å². The summed E-state index contributed by atoms with van der Waals surface area (Å²) in [4.78, 5) is 0. The largest absolute Gasteiger partial charge is 0.418 e. The normalized spacial score (nSPS) is 13.8. The third kappa shape index (κ3) is 3.38. The van der Waals surface area contributed by atoms with Gasteiger partial charge in [-0.25, -0.2) is 4.57 Å². The summed E-state index contributed by atoms with van der Waals surface area (Å²) >= 11 is 15.4. The molecule has 1 atom stereocenters. The Morgan fingerprint density at radius 1 is 1.10 bits per heavy atom. The summed E-state index contributed by atoms with van der Waals surface area (Å²) in [6.07, 6.45) is 0. The molecule has 0 saturated heterocycles. The quantitative estimate of drug-likeness (QED) is 0.659. The summed E-state index contributed by atoms with van der Waals surface area (Å²) in [5, 5.41) is 0.924. The summed E-state index contributed by atoms with van der Waals surface area (Å²) in [5.74, 6) is 0.130. The lowest BCUT2D eigenvalue weighted by Gasteiger charge is -2.19. The first-order chi connectivity index (χ1) is 9.46. The molecule has 2 rings (SSSR count). The van der Waals surface area contributed by atoms with E-state index in [1.807, 2.05) is 6.07 Å². The first kappa shape index (κ1) is 15.9. The van der Waals surface area contributed by atoms with Crippen LogP contribution in [-0.4, -0.2) is 7.11 Å². The molecule has 7 heteroatoms. The van der Waals surface area contributed by atoms with Crippen LogP contribution in [0.15, 0.2) is 46.9 Å². The van der Waals surface area contributed by atoms with Gasteiger partial charge in [-0.1, -0.05) is 57.3 Å². The van der Waals surface area contributed by atoms with E-state index in [-0.39, 0.29) is 15.8 Å². The fourth-order valence-corrected chi connectivity index (χ4v) is 4.30. The van der Waals surface area contributed by atoms with Crippen LogP contribution < -0.4 is 9.83 Å². The van der Waals surface area contributed by atoms with Gasteiger partial charge in [0.25, 0.3) is 0 Å². The van der Waals surface area contributed by atoms with Crippen LogP contribution in [0.2, 0.25) is 10.0 Å². The first-order valence-corrected chi connectivity index (χ1v) is 8.61. The van der Waals surface area contributed by atoms with Gasteiger partial charge in [-0.2, -0.15) is 0 Å². The molecule has 0 fully saturated rings. The van der Waals surface area contributed by atoms with Crippen LogP contribution in [0.25, 0.3) is 0 Å². The van der Waals surface area contributed by atoms with Crippen molar-refractivity contribution < 1.29 is 13.6 Å². The van der Waals surface area contributed by atoms with Gasteiger partial charge in [0.05, 0.1) is 15.3 Å². The van der Waals surface area contributed by atoms with Crippen LogP contribution >= 0.6 is 46.7 Å². The summed E-state index contributed by atoms with van der Waals surface area (Å²) in [6, 6.07) is 11.8. The Bertz CT molecular complexity index is 641. The van der Waals surface area contributed by atoms with Crippen molar-refractivity contribution in [1.82, 2.24) is 0 Å². The van der Waals surface area contributed by atoms with Crippen LogP contribution in [0.5, 0.6) is 5.75 Å². The molecular formula is C13H10BrCl2O3P. The topological polar surface area (TPSA) is 35.5 Å². The molecule has 1 unspecified atom stereocenters. The van der Waals surface area contributed by atoms with Crippen LogP contribution in [0.3, 0.4) is 0 Å². The van der Waals surface area contributed by atoms with Gasteiger partial charge in [0.15, 0.2) is 5.75 Å². The van der Waals surface area contributed by atoms with Gasteiger partial charge in [0.1, 0.15) is 0 Å². The molecule has 0 heterocycles. The molecule has 0 aliphatic heterocycles. The average molecular weight is 396 g/mol. The van der Waals surface area contributed by atoms with Gasteiger partial charge < -0.3 is 4.52 Å². The third-order valence-electron chi connectivity index (χ3n) is 2.49. The molecule has 0 N–H and O–H groups in total. The molecule has 0 aromatic heterocycles. The molecule has 0 aliphatic rings. The molecule has 0 aliphatic carbocycles. The van der Waals surface area contributed by atoms with Crippen molar-refractivity contribution in [3.05, 3.63) is 57.0 Å². The Morgan fingerprint density at radius 2 is 1.65 bits per heavy atom. The molecule has 106 valence electrons. The highest BCUT2D eigenvalue weighted by molar-refractivity contribution is 9.10. The van der Waals surface area contributed by atoms with Crippen molar-refractivity contribution in [2.24, 2.45) is 0 Å². The minimum atomic E-state index is -3.53. The Hall–Kier alpha value is -0.510. The van der Waals surface area contributed by atoms with Gasteiger partial charge in [-0.15, -0.1) is 0 Å².